The van der Waals surface area contributed by atoms with Gasteiger partial charge in [0.1, 0.15) is 5.75 Å². The molecule has 9 heteroatoms. The second-order valence-corrected chi connectivity index (χ2v) is 9.13. The zero-order valence-corrected chi connectivity index (χ0v) is 17.8. The topological polar surface area (TPSA) is 67.9 Å². The highest BCUT2D eigenvalue weighted by Crippen LogP contribution is 2.32. The lowest BCUT2D eigenvalue weighted by Gasteiger charge is -2.26. The highest BCUT2D eigenvalue weighted by Gasteiger charge is 2.26. The quantitative estimate of drug-likeness (QED) is 0.709. The molecule has 1 heterocycles. The first-order valence-electron chi connectivity index (χ1n) is 8.81. The summed E-state index contributed by atoms with van der Waals surface area (Å²) in [5, 5.41) is 4.30. The van der Waals surface area contributed by atoms with Crippen molar-refractivity contribution >= 4 is 33.2 Å². The molecule has 3 rings (SSSR count). The molecule has 1 fully saturated rings. The first kappa shape index (κ1) is 21.4. The average molecular weight is 445 g/mol. The third-order valence-corrected chi connectivity index (χ3v) is 6.88. The molecule has 6 nitrogen and oxygen atoms in total. The number of sulfonamides is 1. The Morgan fingerprint density at radius 3 is 2.43 bits per heavy atom. The summed E-state index contributed by atoms with van der Waals surface area (Å²) in [4.78, 5) is 0.293. The van der Waals surface area contributed by atoms with Gasteiger partial charge in [-0.3, -0.25) is 0 Å². The van der Waals surface area contributed by atoms with Crippen LogP contribution in [0.25, 0.3) is 0 Å². The maximum atomic E-state index is 12.6. The lowest BCUT2D eigenvalue weighted by molar-refractivity contribution is 0.0730. The van der Waals surface area contributed by atoms with Crippen LogP contribution >= 0.6 is 23.2 Å². The number of rotatable bonds is 7. The Morgan fingerprint density at radius 2 is 1.79 bits per heavy atom. The molecule has 0 amide bonds. The molecule has 2 aromatic rings. The number of nitrogens with one attached hydrogen (secondary N) is 1. The van der Waals surface area contributed by atoms with Crippen LogP contribution < -0.4 is 10.1 Å². The number of methoxy groups -OCH3 is 1. The minimum Gasteiger partial charge on any atom is -0.495 e. The number of morpholine rings is 1. The van der Waals surface area contributed by atoms with Gasteiger partial charge >= 0.3 is 0 Å². The minimum absolute atomic E-state index is 0.293. The number of hydrogen-bond acceptors (Lipinski definition) is 5. The number of nitrogens with zero attached hydrogens (tertiary/aromatic N) is 1. The predicted molar refractivity (Wildman–Crippen MR) is 110 cm³/mol. The molecular weight excluding hydrogens is 423 g/mol. The first-order valence-corrected chi connectivity index (χ1v) is 11.0. The maximum Gasteiger partial charge on any atom is 0.243 e. The van der Waals surface area contributed by atoms with E-state index in [0.717, 1.165) is 11.1 Å². The van der Waals surface area contributed by atoms with Crippen LogP contribution in [-0.2, 0) is 27.8 Å². The van der Waals surface area contributed by atoms with Gasteiger partial charge in [0.25, 0.3) is 0 Å². The van der Waals surface area contributed by atoms with E-state index in [2.05, 4.69) is 5.32 Å². The third-order valence-electron chi connectivity index (χ3n) is 4.47. The molecule has 1 N–H and O–H groups in total. The Morgan fingerprint density at radius 1 is 1.11 bits per heavy atom. The first-order chi connectivity index (χ1) is 13.4. The summed E-state index contributed by atoms with van der Waals surface area (Å²) in [6.07, 6.45) is 0. The summed E-state index contributed by atoms with van der Waals surface area (Å²) in [5.74, 6) is 0.588. The zero-order valence-electron chi connectivity index (χ0n) is 15.5. The predicted octanol–water partition coefficient (Wildman–Crippen LogP) is 3.31. The van der Waals surface area contributed by atoms with Gasteiger partial charge in [0.15, 0.2) is 0 Å². The van der Waals surface area contributed by atoms with E-state index in [4.69, 9.17) is 32.7 Å². The van der Waals surface area contributed by atoms with E-state index in [0.29, 0.717) is 60.1 Å². The van der Waals surface area contributed by atoms with Crippen LogP contribution in [0.1, 0.15) is 11.1 Å². The standard InChI is InChI=1S/C19H22Cl2N2O4S/c1-26-19-15(10-16(20)11-18(19)21)13-22-12-14-2-4-17(5-3-14)28(24,25)23-6-8-27-9-7-23/h2-5,10-11,22H,6-9,12-13H2,1H3. The summed E-state index contributed by atoms with van der Waals surface area (Å²) in [6.45, 7) is 2.70. The summed E-state index contributed by atoms with van der Waals surface area (Å²) < 4.78 is 37.3. The van der Waals surface area contributed by atoms with E-state index in [1.807, 2.05) is 12.1 Å². The van der Waals surface area contributed by atoms with Crippen molar-refractivity contribution in [1.29, 1.82) is 0 Å². The molecular formula is C19H22Cl2N2O4S. The van der Waals surface area contributed by atoms with E-state index in [1.54, 1.807) is 31.4 Å². The monoisotopic (exact) mass is 444 g/mol. The Balaban J connectivity index is 1.62. The molecule has 0 aliphatic carbocycles. The van der Waals surface area contributed by atoms with Crippen molar-refractivity contribution in [2.45, 2.75) is 18.0 Å². The molecule has 1 aliphatic heterocycles. The molecule has 0 unspecified atom stereocenters. The number of ether oxygens (including phenoxy) is 2. The Bertz CT molecular complexity index is 914. The molecule has 0 spiro atoms. The number of halogens is 2. The van der Waals surface area contributed by atoms with E-state index >= 15 is 0 Å². The van der Waals surface area contributed by atoms with Gasteiger partial charge in [0.05, 0.1) is 30.2 Å². The van der Waals surface area contributed by atoms with Gasteiger partial charge < -0.3 is 14.8 Å². The normalized spacial score (nSPS) is 15.5. The molecule has 0 saturated carbocycles. The van der Waals surface area contributed by atoms with Crippen molar-refractivity contribution in [3.63, 3.8) is 0 Å². The molecule has 28 heavy (non-hydrogen) atoms. The highest BCUT2D eigenvalue weighted by molar-refractivity contribution is 7.89. The Kier molecular flexibility index (Phi) is 7.20. The fraction of sp³-hybridized carbons (Fsp3) is 0.368. The van der Waals surface area contributed by atoms with E-state index in [-0.39, 0.29) is 0 Å². The number of hydrogen-bond donors (Lipinski definition) is 1. The summed E-state index contributed by atoms with van der Waals surface area (Å²) >= 11 is 12.2. The van der Waals surface area contributed by atoms with Crippen LogP contribution in [0, 0.1) is 0 Å². The lowest BCUT2D eigenvalue weighted by Crippen LogP contribution is -2.40. The molecule has 2 aromatic carbocycles. The fourth-order valence-corrected chi connectivity index (χ4v) is 5.05. The average Bonchev–Trinajstić information content (AvgIpc) is 2.69. The van der Waals surface area contributed by atoms with Crippen molar-refractivity contribution in [1.82, 2.24) is 9.62 Å². The Hall–Kier alpha value is -1.35. The SMILES string of the molecule is COc1c(Cl)cc(Cl)cc1CNCc1ccc(S(=O)(=O)N2CCOCC2)cc1. The fourth-order valence-electron chi connectivity index (χ4n) is 3.03. The molecule has 0 aromatic heterocycles. The van der Waals surface area contributed by atoms with Crippen LogP contribution in [-0.4, -0.2) is 46.1 Å². The molecule has 0 bridgehead atoms. The molecule has 0 atom stereocenters. The van der Waals surface area contributed by atoms with Gasteiger partial charge in [-0.25, -0.2) is 8.42 Å². The van der Waals surface area contributed by atoms with Crippen molar-refractivity contribution in [3.05, 3.63) is 57.6 Å². The molecule has 1 saturated heterocycles. The van der Waals surface area contributed by atoms with E-state index < -0.39 is 10.0 Å². The smallest absolute Gasteiger partial charge is 0.243 e. The van der Waals surface area contributed by atoms with Crippen molar-refractivity contribution in [2.24, 2.45) is 0 Å². The second kappa shape index (κ2) is 9.43. The number of benzene rings is 2. The van der Waals surface area contributed by atoms with Crippen LogP contribution in [0.5, 0.6) is 5.75 Å². The van der Waals surface area contributed by atoms with Crippen LogP contribution in [0.3, 0.4) is 0 Å². The van der Waals surface area contributed by atoms with Crippen LogP contribution in [0.15, 0.2) is 41.3 Å². The molecule has 152 valence electrons. The van der Waals surface area contributed by atoms with Crippen LogP contribution in [0.4, 0.5) is 0 Å². The van der Waals surface area contributed by atoms with Gasteiger partial charge in [-0.1, -0.05) is 35.3 Å². The maximum absolute atomic E-state index is 12.6. The van der Waals surface area contributed by atoms with Crippen molar-refractivity contribution in [2.75, 3.05) is 33.4 Å². The van der Waals surface area contributed by atoms with Gasteiger partial charge in [0.2, 0.25) is 10.0 Å². The lowest BCUT2D eigenvalue weighted by atomic mass is 10.2. The van der Waals surface area contributed by atoms with Crippen LogP contribution in [0.2, 0.25) is 10.0 Å². The molecule has 0 radical (unpaired) electrons. The van der Waals surface area contributed by atoms with Gasteiger partial charge in [-0.15, -0.1) is 0 Å². The van der Waals surface area contributed by atoms with Gasteiger partial charge in [-0.05, 0) is 29.8 Å². The summed E-state index contributed by atoms with van der Waals surface area (Å²) in [5.41, 5.74) is 1.82. The van der Waals surface area contributed by atoms with Crippen molar-refractivity contribution in [3.8, 4) is 5.75 Å². The Labute approximate surface area is 175 Å². The second-order valence-electron chi connectivity index (χ2n) is 6.34. The largest absolute Gasteiger partial charge is 0.495 e. The third kappa shape index (κ3) is 4.97. The summed E-state index contributed by atoms with van der Waals surface area (Å²) in [7, 11) is -1.91. The van der Waals surface area contributed by atoms with Gasteiger partial charge in [-0.2, -0.15) is 4.31 Å². The summed E-state index contributed by atoms with van der Waals surface area (Å²) in [6, 6.07) is 10.3. The van der Waals surface area contributed by atoms with E-state index in [9.17, 15) is 8.42 Å². The molecule has 1 aliphatic rings. The van der Waals surface area contributed by atoms with Crippen molar-refractivity contribution < 1.29 is 17.9 Å². The minimum atomic E-state index is -3.47. The highest BCUT2D eigenvalue weighted by atomic mass is 35.5. The zero-order chi connectivity index (χ0) is 20.1. The van der Waals surface area contributed by atoms with Gasteiger partial charge in [0, 0.05) is 36.8 Å². The van der Waals surface area contributed by atoms with E-state index in [1.165, 1.54) is 4.31 Å².